The second kappa shape index (κ2) is 12.4. The zero-order valence-electron chi connectivity index (χ0n) is 17.6. The number of hydrogen-bond acceptors (Lipinski definition) is 3. The van der Waals surface area contributed by atoms with Crippen LogP contribution in [0.5, 0.6) is 0 Å². The second-order valence-electron chi connectivity index (χ2n) is 7.66. The van der Waals surface area contributed by atoms with Crippen LogP contribution in [-0.4, -0.2) is 86.0 Å². The Balaban J connectivity index is 0.00000320. The fraction of sp³-hybridized carbons (Fsp3) is 0.619. The van der Waals surface area contributed by atoms with Gasteiger partial charge in [-0.05, 0) is 49.4 Å². The third-order valence-corrected chi connectivity index (χ3v) is 5.64. The predicted octanol–water partition coefficient (Wildman–Crippen LogP) is 2.33. The Labute approximate surface area is 194 Å². The molecule has 2 aliphatic heterocycles. The fourth-order valence-corrected chi connectivity index (χ4v) is 3.93. The molecule has 0 radical (unpaired) electrons. The van der Waals surface area contributed by atoms with Gasteiger partial charge in [-0.3, -0.25) is 14.7 Å². The van der Waals surface area contributed by atoms with Gasteiger partial charge in [-0.25, -0.2) is 8.78 Å². The van der Waals surface area contributed by atoms with Crippen molar-refractivity contribution in [1.29, 1.82) is 0 Å². The van der Waals surface area contributed by atoms with Crippen LogP contribution < -0.4 is 5.32 Å². The molecule has 168 valence electrons. The molecule has 1 aromatic carbocycles. The van der Waals surface area contributed by atoms with Crippen LogP contribution in [0.3, 0.4) is 0 Å². The quantitative estimate of drug-likeness (QED) is 0.358. The number of benzene rings is 1. The molecule has 2 saturated heterocycles. The first kappa shape index (κ1) is 24.8. The number of aliphatic imine (C=N–C) groups is 1. The minimum atomic E-state index is -0.430. The lowest BCUT2D eigenvalue weighted by Crippen LogP contribution is -2.54. The van der Waals surface area contributed by atoms with Crippen LogP contribution in [0.15, 0.2) is 23.2 Å². The molecule has 0 atom stereocenters. The zero-order valence-corrected chi connectivity index (χ0v) is 19.9. The van der Waals surface area contributed by atoms with Crippen molar-refractivity contribution in [2.24, 2.45) is 4.99 Å². The van der Waals surface area contributed by atoms with Gasteiger partial charge in [0.1, 0.15) is 11.6 Å². The molecular formula is C21H32F2IN5O. The normalized spacial score (nSPS) is 18.2. The van der Waals surface area contributed by atoms with Crippen molar-refractivity contribution in [3.8, 4) is 0 Å². The number of amides is 1. The number of nitrogens with one attached hydrogen (secondary N) is 1. The highest BCUT2D eigenvalue weighted by atomic mass is 127. The first-order chi connectivity index (χ1) is 14.1. The van der Waals surface area contributed by atoms with E-state index in [0.29, 0.717) is 25.1 Å². The van der Waals surface area contributed by atoms with Crippen LogP contribution >= 0.6 is 24.0 Å². The maximum atomic E-state index is 13.7. The Bertz CT molecular complexity index is 719. The van der Waals surface area contributed by atoms with Crippen LogP contribution in [0.1, 0.15) is 24.8 Å². The van der Waals surface area contributed by atoms with Gasteiger partial charge in [-0.15, -0.1) is 24.0 Å². The van der Waals surface area contributed by atoms with Gasteiger partial charge in [0, 0.05) is 52.9 Å². The zero-order chi connectivity index (χ0) is 20.6. The molecule has 2 aliphatic rings. The first-order valence-corrected chi connectivity index (χ1v) is 10.5. The number of halogens is 3. The second-order valence-corrected chi connectivity index (χ2v) is 7.66. The van der Waals surface area contributed by atoms with Gasteiger partial charge in [0.15, 0.2) is 5.96 Å². The van der Waals surface area contributed by atoms with Crippen molar-refractivity contribution < 1.29 is 13.6 Å². The minimum absolute atomic E-state index is 0. The molecule has 0 unspecified atom stereocenters. The van der Waals surface area contributed by atoms with E-state index in [1.165, 1.54) is 12.5 Å². The van der Waals surface area contributed by atoms with Crippen LogP contribution in [-0.2, 0) is 11.2 Å². The number of nitrogens with zero attached hydrogens (tertiary/aromatic N) is 4. The monoisotopic (exact) mass is 535 g/mol. The summed E-state index contributed by atoms with van der Waals surface area (Å²) in [6, 6.07) is 3.52. The molecule has 9 heteroatoms. The van der Waals surface area contributed by atoms with Crippen molar-refractivity contribution >= 4 is 35.8 Å². The van der Waals surface area contributed by atoms with Crippen LogP contribution in [0.4, 0.5) is 8.78 Å². The van der Waals surface area contributed by atoms with Crippen molar-refractivity contribution in [3.05, 3.63) is 35.4 Å². The summed E-state index contributed by atoms with van der Waals surface area (Å²) in [5.74, 6) is 0.165. The summed E-state index contributed by atoms with van der Waals surface area (Å²) in [6.07, 6.45) is 3.83. The van der Waals surface area contributed by atoms with Crippen molar-refractivity contribution in [1.82, 2.24) is 20.0 Å². The summed E-state index contributed by atoms with van der Waals surface area (Å²) >= 11 is 0. The number of guanidine groups is 1. The smallest absolute Gasteiger partial charge is 0.236 e. The number of carbonyl (C=O) groups is 1. The van der Waals surface area contributed by atoms with E-state index in [9.17, 15) is 13.6 Å². The highest BCUT2D eigenvalue weighted by Gasteiger charge is 2.24. The van der Waals surface area contributed by atoms with Crippen molar-refractivity contribution in [3.63, 3.8) is 0 Å². The Hall–Kier alpha value is -1.49. The molecule has 0 saturated carbocycles. The molecule has 1 aromatic rings. The van der Waals surface area contributed by atoms with E-state index in [0.717, 1.165) is 70.2 Å². The topological polar surface area (TPSA) is 51.2 Å². The number of likely N-dealkylation sites (tertiary alicyclic amines) is 1. The van der Waals surface area contributed by atoms with E-state index in [1.54, 1.807) is 7.05 Å². The lowest BCUT2D eigenvalue weighted by atomic mass is 10.1. The fourth-order valence-electron chi connectivity index (χ4n) is 3.93. The summed E-state index contributed by atoms with van der Waals surface area (Å²) in [6.45, 7) is 5.90. The Morgan fingerprint density at radius 3 is 2.40 bits per heavy atom. The lowest BCUT2D eigenvalue weighted by molar-refractivity contribution is -0.133. The molecule has 0 bridgehead atoms. The van der Waals surface area contributed by atoms with Crippen molar-refractivity contribution in [2.45, 2.75) is 25.7 Å². The molecule has 0 spiro atoms. The number of carbonyl (C=O) groups excluding carboxylic acids is 1. The molecule has 1 amide bonds. The van der Waals surface area contributed by atoms with Gasteiger partial charge in [-0.1, -0.05) is 0 Å². The van der Waals surface area contributed by atoms with E-state index in [2.05, 4.69) is 20.1 Å². The third kappa shape index (κ3) is 7.04. The van der Waals surface area contributed by atoms with E-state index in [1.807, 2.05) is 4.90 Å². The molecule has 2 heterocycles. The van der Waals surface area contributed by atoms with Gasteiger partial charge in [0.05, 0.1) is 6.54 Å². The molecule has 6 nitrogen and oxygen atoms in total. The predicted molar refractivity (Wildman–Crippen MR) is 125 cm³/mol. The summed E-state index contributed by atoms with van der Waals surface area (Å²) < 4.78 is 27.0. The maximum absolute atomic E-state index is 13.7. The van der Waals surface area contributed by atoms with Gasteiger partial charge in [0.25, 0.3) is 0 Å². The van der Waals surface area contributed by atoms with E-state index in [4.69, 9.17) is 0 Å². The first-order valence-electron chi connectivity index (χ1n) is 10.5. The SMILES string of the molecule is CN=C(NCCc1cc(F)ccc1F)N1CCN(CC(=O)N2CCCCC2)CC1.I. The van der Waals surface area contributed by atoms with E-state index < -0.39 is 11.6 Å². The highest BCUT2D eigenvalue weighted by Crippen LogP contribution is 2.11. The number of rotatable bonds is 5. The summed E-state index contributed by atoms with van der Waals surface area (Å²) in [4.78, 5) is 23.1. The molecule has 3 rings (SSSR count). The van der Waals surface area contributed by atoms with Gasteiger partial charge in [0.2, 0.25) is 5.91 Å². The summed E-state index contributed by atoms with van der Waals surface area (Å²) in [7, 11) is 1.72. The molecular weight excluding hydrogens is 503 g/mol. The Morgan fingerprint density at radius 2 is 1.73 bits per heavy atom. The molecule has 30 heavy (non-hydrogen) atoms. The van der Waals surface area contributed by atoms with E-state index >= 15 is 0 Å². The lowest BCUT2D eigenvalue weighted by Gasteiger charge is -2.37. The standard InChI is InChI=1S/C21H31F2N5O.HI/c1-24-21(25-8-7-17-15-18(22)5-6-19(17)23)28-13-11-26(12-14-28)16-20(29)27-9-3-2-4-10-27;/h5-6,15H,2-4,7-14,16H2,1H3,(H,24,25);1H. The third-order valence-electron chi connectivity index (χ3n) is 5.64. The van der Waals surface area contributed by atoms with Crippen molar-refractivity contribution in [2.75, 3.05) is 59.4 Å². The Morgan fingerprint density at radius 1 is 1.03 bits per heavy atom. The molecule has 2 fully saturated rings. The molecule has 0 aromatic heterocycles. The summed E-state index contributed by atoms with van der Waals surface area (Å²) in [5.41, 5.74) is 0.356. The number of hydrogen-bond donors (Lipinski definition) is 1. The summed E-state index contributed by atoms with van der Waals surface area (Å²) in [5, 5.41) is 3.23. The van der Waals surface area contributed by atoms with Gasteiger partial charge in [-0.2, -0.15) is 0 Å². The van der Waals surface area contributed by atoms with E-state index in [-0.39, 0.29) is 29.9 Å². The highest BCUT2D eigenvalue weighted by molar-refractivity contribution is 14.0. The minimum Gasteiger partial charge on any atom is -0.356 e. The van der Waals surface area contributed by atoms with Gasteiger partial charge < -0.3 is 15.1 Å². The van der Waals surface area contributed by atoms with Gasteiger partial charge >= 0.3 is 0 Å². The van der Waals surface area contributed by atoms with Crippen LogP contribution in [0.2, 0.25) is 0 Å². The Kier molecular flexibility index (Phi) is 10.2. The molecule has 1 N–H and O–H groups in total. The average molecular weight is 535 g/mol. The maximum Gasteiger partial charge on any atom is 0.236 e. The molecule has 0 aliphatic carbocycles. The van der Waals surface area contributed by atoms with Crippen LogP contribution in [0, 0.1) is 11.6 Å². The average Bonchev–Trinajstić information content (AvgIpc) is 2.75. The largest absolute Gasteiger partial charge is 0.356 e. The number of piperazine rings is 1. The van der Waals surface area contributed by atoms with Crippen LogP contribution in [0.25, 0.3) is 0 Å². The number of piperidine rings is 1.